The monoisotopic (exact) mass is 242 g/mol. The van der Waals surface area contributed by atoms with Crippen LogP contribution in [-0.4, -0.2) is 7.85 Å². The van der Waals surface area contributed by atoms with Gasteiger partial charge in [0.25, 0.3) is 0 Å². The lowest BCUT2D eigenvalue weighted by atomic mass is 9.75. The van der Waals surface area contributed by atoms with Gasteiger partial charge in [-0.15, -0.1) is 12.1 Å². The van der Waals surface area contributed by atoms with E-state index in [4.69, 9.17) is 0 Å². The zero-order valence-corrected chi connectivity index (χ0v) is 12.9. The third kappa shape index (κ3) is 4.21. The molecule has 98 valence electrons. The first-order valence-electron chi connectivity index (χ1n) is 6.53. The van der Waals surface area contributed by atoms with E-state index in [9.17, 15) is 0 Å². The number of rotatable bonds is 6. The fraction of sp³-hybridized carbons (Fsp3) is 0.412. The van der Waals surface area contributed by atoms with Crippen LogP contribution >= 0.6 is 0 Å². The van der Waals surface area contributed by atoms with E-state index in [1.807, 2.05) is 12.2 Å². The molecule has 0 saturated carbocycles. The summed E-state index contributed by atoms with van der Waals surface area (Å²) in [6.07, 6.45) is 8.98. The molecule has 0 aromatic heterocycles. The maximum Gasteiger partial charge on any atom is 0.133 e. The highest BCUT2D eigenvalue weighted by molar-refractivity contribution is 6.21. The number of allylic oxidation sites excluding steroid dienone is 8. The molecule has 0 heterocycles. The van der Waals surface area contributed by atoms with Crippen molar-refractivity contribution < 1.29 is 0 Å². The maximum absolute atomic E-state index is 4.01. The van der Waals surface area contributed by atoms with Crippen LogP contribution in [-0.2, 0) is 0 Å². The minimum atomic E-state index is 0.0142. The zero-order chi connectivity index (χ0) is 14.3. The molecule has 0 N–H and O–H groups in total. The summed E-state index contributed by atoms with van der Waals surface area (Å²) in [4.78, 5) is 0. The van der Waals surface area contributed by atoms with Gasteiger partial charge in [0, 0.05) is 5.41 Å². The fourth-order valence-corrected chi connectivity index (χ4v) is 1.88. The second-order valence-electron chi connectivity index (χ2n) is 5.36. The molecule has 0 rings (SSSR count). The van der Waals surface area contributed by atoms with Crippen molar-refractivity contribution in [2.45, 2.75) is 41.0 Å². The van der Waals surface area contributed by atoms with Crippen molar-refractivity contribution in [3.63, 3.8) is 0 Å². The Morgan fingerprint density at radius 1 is 1.11 bits per heavy atom. The van der Waals surface area contributed by atoms with E-state index >= 15 is 0 Å². The zero-order valence-electron chi connectivity index (χ0n) is 12.9. The highest BCUT2D eigenvalue weighted by Gasteiger charge is 2.22. The van der Waals surface area contributed by atoms with Crippen LogP contribution in [0.1, 0.15) is 41.0 Å². The Hall–Kier alpha value is -1.24. The Kier molecular flexibility index (Phi) is 6.76. The quantitative estimate of drug-likeness (QED) is 0.363. The van der Waals surface area contributed by atoms with Crippen molar-refractivity contribution in [1.82, 2.24) is 0 Å². The average Bonchev–Trinajstić information content (AvgIpc) is 2.35. The van der Waals surface area contributed by atoms with Crippen molar-refractivity contribution in [3.05, 3.63) is 59.7 Å². The molecule has 0 aliphatic heterocycles. The highest BCUT2D eigenvalue weighted by Crippen LogP contribution is 2.36. The van der Waals surface area contributed by atoms with Gasteiger partial charge in [0.2, 0.25) is 0 Å². The van der Waals surface area contributed by atoms with E-state index in [1.165, 1.54) is 22.2 Å². The van der Waals surface area contributed by atoms with E-state index in [-0.39, 0.29) is 5.41 Å². The van der Waals surface area contributed by atoms with Gasteiger partial charge in [-0.25, -0.2) is 0 Å². The second-order valence-corrected chi connectivity index (χ2v) is 5.36. The summed E-state index contributed by atoms with van der Waals surface area (Å²) in [6.45, 7) is 18.7. The Bertz CT molecular complexity index is 403. The third-order valence-corrected chi connectivity index (χ3v) is 4.00. The summed E-state index contributed by atoms with van der Waals surface area (Å²) >= 11 is 0. The molecule has 0 spiro atoms. The normalized spacial score (nSPS) is 17.8. The van der Waals surface area contributed by atoms with Gasteiger partial charge in [0.15, 0.2) is 0 Å². The summed E-state index contributed by atoms with van der Waals surface area (Å²) in [5.41, 5.74) is 5.54. The van der Waals surface area contributed by atoms with Crippen LogP contribution in [0.2, 0.25) is 0 Å². The molecular weight excluding hydrogens is 215 g/mol. The third-order valence-electron chi connectivity index (χ3n) is 4.00. The first-order chi connectivity index (χ1) is 8.30. The van der Waals surface area contributed by atoms with Crippen LogP contribution in [0.3, 0.4) is 0 Å². The van der Waals surface area contributed by atoms with Gasteiger partial charge in [0.05, 0.1) is 0 Å². The molecule has 0 amide bonds. The highest BCUT2D eigenvalue weighted by atomic mass is 14.3. The van der Waals surface area contributed by atoms with Crippen molar-refractivity contribution in [1.29, 1.82) is 0 Å². The average molecular weight is 242 g/mol. The van der Waals surface area contributed by atoms with Crippen LogP contribution in [0.25, 0.3) is 0 Å². The molecule has 1 unspecified atom stereocenters. The van der Waals surface area contributed by atoms with Crippen LogP contribution in [0.4, 0.5) is 0 Å². The molecule has 0 fully saturated rings. The topological polar surface area (TPSA) is 0 Å². The summed E-state index contributed by atoms with van der Waals surface area (Å²) in [6, 6.07) is 0. The van der Waals surface area contributed by atoms with Gasteiger partial charge < -0.3 is 0 Å². The standard InChI is InChI=1S/C17H27B/c1-8-10-11-12-17(7,9-2)15(5)13(3)14(4)16(6)18/h8-11H,1-2,12,18H2,3-7H3/b11-10-,15-13+,16-14+. The van der Waals surface area contributed by atoms with Gasteiger partial charge in [0.1, 0.15) is 7.85 Å². The van der Waals surface area contributed by atoms with Crippen LogP contribution in [0.5, 0.6) is 0 Å². The lowest BCUT2D eigenvalue weighted by Gasteiger charge is -2.28. The molecule has 0 aliphatic rings. The fourth-order valence-electron chi connectivity index (χ4n) is 1.88. The number of hydrogen-bond acceptors (Lipinski definition) is 0. The maximum atomic E-state index is 4.01. The van der Waals surface area contributed by atoms with Crippen molar-refractivity contribution in [3.8, 4) is 0 Å². The van der Waals surface area contributed by atoms with Gasteiger partial charge in [-0.1, -0.05) is 55.9 Å². The smallest absolute Gasteiger partial charge is 0.110 e. The van der Waals surface area contributed by atoms with E-state index in [2.05, 4.69) is 67.8 Å². The van der Waals surface area contributed by atoms with Crippen molar-refractivity contribution >= 4 is 7.85 Å². The lowest BCUT2D eigenvalue weighted by Crippen LogP contribution is -2.15. The second kappa shape index (κ2) is 7.26. The Morgan fingerprint density at radius 3 is 2.06 bits per heavy atom. The molecule has 1 heteroatoms. The molecule has 0 saturated heterocycles. The molecule has 0 aromatic carbocycles. The van der Waals surface area contributed by atoms with Gasteiger partial charge in [-0.3, -0.25) is 0 Å². The summed E-state index contributed by atoms with van der Waals surface area (Å²) < 4.78 is 0. The summed E-state index contributed by atoms with van der Waals surface area (Å²) in [5.74, 6) is 0. The molecule has 0 radical (unpaired) electrons. The molecular formula is C17H27B. The van der Waals surface area contributed by atoms with Gasteiger partial charge in [-0.2, -0.15) is 0 Å². The molecule has 1 atom stereocenters. The van der Waals surface area contributed by atoms with Gasteiger partial charge in [-0.05, 0) is 32.8 Å². The van der Waals surface area contributed by atoms with E-state index < -0.39 is 0 Å². The van der Waals surface area contributed by atoms with Crippen LogP contribution < -0.4 is 0 Å². The minimum absolute atomic E-state index is 0.0142. The predicted octanol–water partition coefficient (Wildman–Crippen LogP) is 4.57. The molecule has 0 aliphatic carbocycles. The largest absolute Gasteiger partial charge is 0.133 e. The predicted molar refractivity (Wildman–Crippen MR) is 87.6 cm³/mol. The van der Waals surface area contributed by atoms with Crippen LogP contribution in [0.15, 0.2) is 59.7 Å². The van der Waals surface area contributed by atoms with Crippen molar-refractivity contribution in [2.75, 3.05) is 0 Å². The lowest BCUT2D eigenvalue weighted by molar-refractivity contribution is 0.519. The molecule has 0 bridgehead atoms. The summed E-state index contributed by atoms with van der Waals surface area (Å²) in [7, 11) is 2.16. The Morgan fingerprint density at radius 2 is 1.67 bits per heavy atom. The first-order valence-corrected chi connectivity index (χ1v) is 6.53. The van der Waals surface area contributed by atoms with E-state index in [1.54, 1.807) is 0 Å². The SMILES string of the molecule is B/C(C)=C(C)/C(C)=C(\C)C(C)(C=C)C/C=C\C=C. The Balaban J connectivity index is 5.47. The minimum Gasteiger partial charge on any atom is -0.110 e. The van der Waals surface area contributed by atoms with Gasteiger partial charge >= 0.3 is 0 Å². The van der Waals surface area contributed by atoms with Crippen LogP contribution in [0, 0.1) is 5.41 Å². The molecule has 0 nitrogen and oxygen atoms in total. The van der Waals surface area contributed by atoms with E-state index in [0.717, 1.165) is 6.42 Å². The first kappa shape index (κ1) is 16.8. The molecule has 0 aromatic rings. The summed E-state index contributed by atoms with van der Waals surface area (Å²) in [5, 5.41) is 0. The number of hydrogen-bond donors (Lipinski definition) is 0. The molecule has 18 heavy (non-hydrogen) atoms. The Labute approximate surface area is 114 Å². The van der Waals surface area contributed by atoms with E-state index in [0.29, 0.717) is 0 Å². The van der Waals surface area contributed by atoms with Crippen molar-refractivity contribution in [2.24, 2.45) is 5.41 Å².